The molecule has 1 N–H and O–H groups in total. The number of nitrogens with one attached hydrogen (secondary N) is 1. The van der Waals surface area contributed by atoms with Gasteiger partial charge in [0, 0.05) is 18.0 Å². The molecule has 0 heterocycles. The Morgan fingerprint density at radius 2 is 1.58 bits per heavy atom. The molecule has 1 saturated carbocycles. The molecule has 0 bridgehead atoms. The van der Waals surface area contributed by atoms with Crippen LogP contribution in [0.15, 0.2) is 72.8 Å². The second-order valence-electron chi connectivity index (χ2n) is 9.44. The van der Waals surface area contributed by atoms with E-state index in [0.717, 1.165) is 52.6 Å². The van der Waals surface area contributed by atoms with Crippen molar-refractivity contribution in [1.29, 1.82) is 0 Å². The second kappa shape index (κ2) is 11.1. The van der Waals surface area contributed by atoms with E-state index >= 15 is 0 Å². The lowest BCUT2D eigenvalue weighted by molar-refractivity contribution is -0.139. The Labute approximate surface area is 213 Å². The Morgan fingerprint density at radius 3 is 2.28 bits per heavy atom. The monoisotopic (exact) mass is 507 g/mol. The van der Waals surface area contributed by atoms with Gasteiger partial charge in [-0.25, -0.2) is 8.42 Å². The summed E-state index contributed by atoms with van der Waals surface area (Å²) >= 11 is 0. The van der Waals surface area contributed by atoms with Crippen LogP contribution in [0.1, 0.15) is 38.2 Å². The molecule has 190 valence electrons. The molecule has 3 aromatic rings. The Hall–Kier alpha value is -3.39. The molecule has 0 saturated heterocycles. The molecule has 0 unspecified atom stereocenters. The van der Waals surface area contributed by atoms with Crippen LogP contribution in [-0.4, -0.2) is 50.0 Å². The Morgan fingerprint density at radius 1 is 0.944 bits per heavy atom. The first-order valence-corrected chi connectivity index (χ1v) is 14.2. The van der Waals surface area contributed by atoms with Crippen molar-refractivity contribution in [1.82, 2.24) is 10.2 Å². The molecule has 7 nitrogen and oxygen atoms in total. The number of anilines is 1. The minimum Gasteiger partial charge on any atom is -0.352 e. The summed E-state index contributed by atoms with van der Waals surface area (Å²) in [6.45, 7) is 1.50. The van der Waals surface area contributed by atoms with Crippen LogP contribution in [0.2, 0.25) is 0 Å². The number of benzene rings is 3. The van der Waals surface area contributed by atoms with E-state index in [1.807, 2.05) is 60.7 Å². The van der Waals surface area contributed by atoms with Gasteiger partial charge < -0.3 is 10.2 Å². The molecule has 0 aliphatic heterocycles. The quantitative estimate of drug-likeness (QED) is 0.473. The van der Waals surface area contributed by atoms with Crippen molar-refractivity contribution >= 4 is 38.3 Å². The first-order valence-electron chi connectivity index (χ1n) is 12.3. The summed E-state index contributed by atoms with van der Waals surface area (Å²) in [5.74, 6) is -0.659. The fraction of sp³-hybridized carbons (Fsp3) is 0.357. The van der Waals surface area contributed by atoms with Crippen LogP contribution in [0.5, 0.6) is 0 Å². The van der Waals surface area contributed by atoms with E-state index in [9.17, 15) is 18.0 Å². The number of hydrogen-bond donors (Lipinski definition) is 1. The zero-order chi connectivity index (χ0) is 25.7. The largest absolute Gasteiger partial charge is 0.352 e. The van der Waals surface area contributed by atoms with Crippen molar-refractivity contribution in [3.63, 3.8) is 0 Å². The van der Waals surface area contributed by atoms with E-state index in [1.54, 1.807) is 19.1 Å². The van der Waals surface area contributed by atoms with Crippen molar-refractivity contribution in [2.45, 2.75) is 51.2 Å². The Kier molecular flexibility index (Phi) is 7.94. The van der Waals surface area contributed by atoms with Gasteiger partial charge in [-0.3, -0.25) is 13.9 Å². The third-order valence-electron chi connectivity index (χ3n) is 6.78. The van der Waals surface area contributed by atoms with E-state index in [0.29, 0.717) is 5.69 Å². The number of carbonyl (C=O) groups is 2. The van der Waals surface area contributed by atoms with E-state index < -0.39 is 28.5 Å². The summed E-state index contributed by atoms with van der Waals surface area (Å²) < 4.78 is 26.9. The number of sulfonamides is 1. The number of fused-ring (bicyclic) bond motifs is 1. The van der Waals surface area contributed by atoms with Gasteiger partial charge in [-0.05, 0) is 36.8 Å². The SMILES string of the molecule is C[C@H](C(=O)NC1CCCC1)N(Cc1ccccc1)C(=O)CN(c1cccc2ccccc12)S(C)(=O)=O. The van der Waals surface area contributed by atoms with Crippen LogP contribution in [0.4, 0.5) is 5.69 Å². The van der Waals surface area contributed by atoms with Gasteiger partial charge in [0.1, 0.15) is 12.6 Å². The number of amides is 2. The number of hydrogen-bond acceptors (Lipinski definition) is 4. The molecule has 0 spiro atoms. The van der Waals surface area contributed by atoms with Crippen LogP contribution in [-0.2, 0) is 26.2 Å². The summed E-state index contributed by atoms with van der Waals surface area (Å²) in [7, 11) is -3.79. The molecule has 36 heavy (non-hydrogen) atoms. The highest BCUT2D eigenvalue weighted by atomic mass is 32.2. The van der Waals surface area contributed by atoms with Crippen LogP contribution in [0.25, 0.3) is 10.8 Å². The normalized spacial score (nSPS) is 14.9. The van der Waals surface area contributed by atoms with Crippen LogP contribution >= 0.6 is 0 Å². The zero-order valence-electron chi connectivity index (χ0n) is 20.8. The number of rotatable bonds is 9. The third kappa shape index (κ3) is 6.05. The highest BCUT2D eigenvalue weighted by molar-refractivity contribution is 7.92. The maximum atomic E-state index is 13.7. The summed E-state index contributed by atoms with van der Waals surface area (Å²) in [6.07, 6.45) is 5.14. The van der Waals surface area contributed by atoms with Gasteiger partial charge in [0.15, 0.2) is 0 Å². The van der Waals surface area contributed by atoms with E-state index in [2.05, 4.69) is 5.32 Å². The van der Waals surface area contributed by atoms with E-state index in [-0.39, 0.29) is 18.5 Å². The predicted octanol–water partition coefficient (Wildman–Crippen LogP) is 4.08. The Balaban J connectivity index is 1.64. The molecule has 8 heteroatoms. The lowest BCUT2D eigenvalue weighted by Crippen LogP contribution is -2.52. The van der Waals surface area contributed by atoms with Crippen molar-refractivity contribution in [3.8, 4) is 0 Å². The van der Waals surface area contributed by atoms with Gasteiger partial charge in [0.2, 0.25) is 21.8 Å². The molecule has 1 aliphatic rings. The van der Waals surface area contributed by atoms with Gasteiger partial charge in [0.25, 0.3) is 0 Å². The molecule has 4 rings (SSSR count). The van der Waals surface area contributed by atoms with Crippen molar-refractivity contribution in [2.75, 3.05) is 17.1 Å². The molecule has 1 atom stereocenters. The lowest BCUT2D eigenvalue weighted by Gasteiger charge is -2.32. The van der Waals surface area contributed by atoms with E-state index in [4.69, 9.17) is 0 Å². The summed E-state index contributed by atoms with van der Waals surface area (Å²) in [4.78, 5) is 28.3. The van der Waals surface area contributed by atoms with E-state index in [1.165, 1.54) is 4.90 Å². The smallest absolute Gasteiger partial charge is 0.244 e. The lowest BCUT2D eigenvalue weighted by atomic mass is 10.1. The Bertz CT molecular complexity index is 1320. The van der Waals surface area contributed by atoms with Gasteiger partial charge in [0.05, 0.1) is 11.9 Å². The van der Waals surface area contributed by atoms with Crippen LogP contribution in [0, 0.1) is 0 Å². The summed E-state index contributed by atoms with van der Waals surface area (Å²) in [5, 5.41) is 4.69. The molecule has 1 fully saturated rings. The standard InChI is InChI=1S/C28H33N3O4S/c1-21(28(33)29-24-15-7-8-16-24)30(19-22-11-4-3-5-12-22)27(32)20-31(36(2,34)35)26-18-10-14-23-13-6-9-17-25(23)26/h3-6,9-14,17-18,21,24H,7-8,15-16,19-20H2,1-2H3,(H,29,33)/t21-/m1/s1. The zero-order valence-corrected chi connectivity index (χ0v) is 21.6. The highest BCUT2D eigenvalue weighted by Crippen LogP contribution is 2.28. The first-order chi connectivity index (χ1) is 17.2. The molecule has 0 aromatic heterocycles. The minimum atomic E-state index is -3.79. The van der Waals surface area contributed by atoms with Crippen LogP contribution < -0.4 is 9.62 Å². The molecule has 0 radical (unpaired) electrons. The van der Waals surface area contributed by atoms with Crippen LogP contribution in [0.3, 0.4) is 0 Å². The maximum absolute atomic E-state index is 13.7. The number of carbonyl (C=O) groups excluding carboxylic acids is 2. The average molecular weight is 508 g/mol. The number of nitrogens with zero attached hydrogens (tertiary/aromatic N) is 2. The van der Waals surface area contributed by atoms with Gasteiger partial charge >= 0.3 is 0 Å². The summed E-state index contributed by atoms with van der Waals surface area (Å²) in [6, 6.07) is 21.6. The predicted molar refractivity (Wildman–Crippen MR) is 143 cm³/mol. The molecule has 1 aliphatic carbocycles. The van der Waals surface area contributed by atoms with Crippen molar-refractivity contribution in [3.05, 3.63) is 78.4 Å². The third-order valence-corrected chi connectivity index (χ3v) is 7.91. The van der Waals surface area contributed by atoms with Gasteiger partial charge in [-0.1, -0.05) is 79.6 Å². The average Bonchev–Trinajstić information content (AvgIpc) is 3.38. The second-order valence-corrected chi connectivity index (χ2v) is 11.3. The first kappa shape index (κ1) is 25.7. The van der Waals surface area contributed by atoms with Crippen molar-refractivity contribution < 1.29 is 18.0 Å². The molecular weight excluding hydrogens is 474 g/mol. The van der Waals surface area contributed by atoms with Crippen molar-refractivity contribution in [2.24, 2.45) is 0 Å². The summed E-state index contributed by atoms with van der Waals surface area (Å²) in [5.41, 5.74) is 1.30. The highest BCUT2D eigenvalue weighted by Gasteiger charge is 2.31. The molecule has 3 aromatic carbocycles. The topological polar surface area (TPSA) is 86.8 Å². The fourth-order valence-corrected chi connectivity index (χ4v) is 5.64. The van der Waals surface area contributed by atoms with Gasteiger partial charge in [-0.15, -0.1) is 0 Å². The fourth-order valence-electron chi connectivity index (χ4n) is 4.78. The van der Waals surface area contributed by atoms with Gasteiger partial charge in [-0.2, -0.15) is 0 Å². The minimum absolute atomic E-state index is 0.122. The molecular formula is C28H33N3O4S. The molecule has 2 amide bonds. The maximum Gasteiger partial charge on any atom is 0.244 e.